The van der Waals surface area contributed by atoms with Crippen LogP contribution in [0.4, 0.5) is 17.6 Å². The average Bonchev–Trinajstić information content (AvgIpc) is 2.73. The van der Waals surface area contributed by atoms with Crippen molar-refractivity contribution >= 4 is 0 Å². The fraction of sp³-hybridized carbons (Fsp3) is 0.538. The Hall–Kier alpha value is -2.28. The molecule has 0 aromatic heterocycles. The molecule has 0 aliphatic heterocycles. The van der Waals surface area contributed by atoms with E-state index in [9.17, 15) is 17.6 Å². The zero-order valence-electron chi connectivity index (χ0n) is 20.1. The highest BCUT2D eigenvalue weighted by Gasteiger charge is 2.35. The van der Waals surface area contributed by atoms with Crippen LogP contribution in [0.3, 0.4) is 0 Å². The van der Waals surface area contributed by atoms with Crippen LogP contribution < -0.4 is 9.47 Å². The lowest BCUT2D eigenvalue weighted by molar-refractivity contribution is -0.0505. The van der Waals surface area contributed by atoms with Crippen molar-refractivity contribution in [3.63, 3.8) is 0 Å². The average molecular weight is 471 g/mol. The van der Waals surface area contributed by atoms with Gasteiger partial charge in [-0.15, -0.1) is 0 Å². The van der Waals surface area contributed by atoms with Crippen molar-refractivity contribution in [1.82, 2.24) is 0 Å². The van der Waals surface area contributed by atoms with E-state index in [0.717, 1.165) is 11.1 Å². The van der Waals surface area contributed by atoms with Gasteiger partial charge in [0.1, 0.15) is 11.5 Å². The second-order valence-electron chi connectivity index (χ2n) is 9.44. The maximum Gasteiger partial charge on any atom is 0.387 e. The van der Waals surface area contributed by atoms with Crippen LogP contribution in [0, 0.1) is 11.8 Å². The Balaban J connectivity index is 2.16. The largest absolute Gasteiger partial charge is 0.435 e. The molecule has 0 heterocycles. The molecule has 0 saturated heterocycles. The van der Waals surface area contributed by atoms with Gasteiger partial charge in [-0.3, -0.25) is 0 Å². The van der Waals surface area contributed by atoms with Crippen LogP contribution in [0.25, 0.3) is 0 Å². The van der Waals surface area contributed by atoms with E-state index in [1.807, 2.05) is 0 Å². The van der Waals surface area contributed by atoms with E-state index in [2.05, 4.69) is 51.0 Å². The van der Waals surface area contributed by atoms with E-state index in [4.69, 9.17) is 4.74 Å². The number of hydrogen-bond donors (Lipinski definition) is 0. The van der Waals surface area contributed by atoms with E-state index in [0.29, 0.717) is 13.2 Å². The number of alkyl halides is 4. The van der Waals surface area contributed by atoms with Crippen LogP contribution >= 0.6 is 0 Å². The number of ether oxygens (including phenoxy) is 3. The van der Waals surface area contributed by atoms with Gasteiger partial charge in [0.25, 0.3) is 0 Å². The third-order valence-corrected chi connectivity index (χ3v) is 6.83. The predicted molar refractivity (Wildman–Crippen MR) is 121 cm³/mol. The van der Waals surface area contributed by atoms with Crippen molar-refractivity contribution in [1.29, 1.82) is 0 Å². The molecule has 33 heavy (non-hydrogen) atoms. The van der Waals surface area contributed by atoms with Gasteiger partial charge < -0.3 is 14.2 Å². The molecule has 2 aromatic carbocycles. The summed E-state index contributed by atoms with van der Waals surface area (Å²) >= 11 is 0. The van der Waals surface area contributed by atoms with E-state index in [1.54, 1.807) is 48.5 Å². The van der Waals surface area contributed by atoms with Crippen molar-refractivity contribution in [2.75, 3.05) is 13.2 Å². The summed E-state index contributed by atoms with van der Waals surface area (Å²) in [6.45, 7) is 7.68. The summed E-state index contributed by atoms with van der Waals surface area (Å²) in [5.41, 5.74) is 1.24. The predicted octanol–water partition coefficient (Wildman–Crippen LogP) is 7.43. The van der Waals surface area contributed by atoms with Crippen molar-refractivity contribution in [3.8, 4) is 11.5 Å². The van der Waals surface area contributed by atoms with Gasteiger partial charge in [0.05, 0.1) is 13.2 Å². The second kappa shape index (κ2) is 11.2. The number of rotatable bonds is 12. The highest BCUT2D eigenvalue weighted by atomic mass is 19.3. The van der Waals surface area contributed by atoms with E-state index in [1.165, 1.54) is 0 Å². The molecular formula is C26H34F4O3. The molecule has 0 radical (unpaired) electrons. The first-order valence-corrected chi connectivity index (χ1v) is 11.1. The lowest BCUT2D eigenvalue weighted by atomic mass is 9.73. The van der Waals surface area contributed by atoms with Gasteiger partial charge >= 0.3 is 13.2 Å². The van der Waals surface area contributed by atoms with Gasteiger partial charge in [0.2, 0.25) is 0 Å². The zero-order chi connectivity index (χ0) is 24.8. The van der Waals surface area contributed by atoms with Gasteiger partial charge in [0.15, 0.2) is 0 Å². The first-order valence-electron chi connectivity index (χ1n) is 11.1. The van der Waals surface area contributed by atoms with E-state index in [-0.39, 0.29) is 34.2 Å². The van der Waals surface area contributed by atoms with Crippen molar-refractivity contribution < 1.29 is 31.8 Å². The Morgan fingerprint density at radius 3 is 1.15 bits per heavy atom. The molecule has 7 heteroatoms. The van der Waals surface area contributed by atoms with Gasteiger partial charge in [-0.1, -0.05) is 65.8 Å². The first kappa shape index (κ1) is 27.0. The molecule has 2 unspecified atom stereocenters. The van der Waals surface area contributed by atoms with Crippen LogP contribution in [0.2, 0.25) is 0 Å². The number of hydrogen-bond acceptors (Lipinski definition) is 3. The minimum absolute atomic E-state index is 0.118. The normalized spacial score (nSPS) is 15.7. The summed E-state index contributed by atoms with van der Waals surface area (Å²) in [5, 5.41) is 0. The van der Waals surface area contributed by atoms with Crippen LogP contribution in [0.1, 0.15) is 52.7 Å². The first-order chi connectivity index (χ1) is 15.4. The summed E-state index contributed by atoms with van der Waals surface area (Å²) in [6.07, 6.45) is 0. The minimum atomic E-state index is -2.86. The number of halogens is 4. The Bertz CT molecular complexity index is 781. The quantitative estimate of drug-likeness (QED) is 0.302. The van der Waals surface area contributed by atoms with Gasteiger partial charge in [-0.2, -0.15) is 17.6 Å². The van der Waals surface area contributed by atoms with Crippen molar-refractivity contribution in [2.24, 2.45) is 11.8 Å². The summed E-state index contributed by atoms with van der Waals surface area (Å²) in [5.74, 6) is 0.672. The molecule has 2 rings (SSSR count). The molecule has 0 fully saturated rings. The Kier molecular flexibility index (Phi) is 9.18. The lowest BCUT2D eigenvalue weighted by Gasteiger charge is -2.38. The minimum Gasteiger partial charge on any atom is -0.435 e. The fourth-order valence-corrected chi connectivity index (χ4v) is 3.68. The molecule has 2 atom stereocenters. The summed E-state index contributed by atoms with van der Waals surface area (Å²) in [6, 6.07) is 13.4. The molecule has 0 saturated carbocycles. The summed E-state index contributed by atoms with van der Waals surface area (Å²) in [7, 11) is 0. The van der Waals surface area contributed by atoms with Crippen LogP contribution in [-0.2, 0) is 15.6 Å². The standard InChI is InChI=1S/C26H34F4O3/c1-17(2)25(5,19-7-11-21(12-8-19)32-23(27)28)15-31-16-26(6,18(3)4)20-9-13-22(14-10-20)33-24(29)30/h7-14,17-18,23-24H,15-16H2,1-6H3. The SMILES string of the molecule is CC(C)C(C)(COCC(C)(c1ccc(OC(F)F)cc1)C(C)C)c1ccc(OC(F)F)cc1. The molecule has 184 valence electrons. The molecule has 0 aliphatic carbocycles. The molecular weight excluding hydrogens is 436 g/mol. The third kappa shape index (κ3) is 6.85. The molecule has 0 N–H and O–H groups in total. The molecule has 0 spiro atoms. The smallest absolute Gasteiger partial charge is 0.387 e. The van der Waals surface area contributed by atoms with Crippen molar-refractivity contribution in [2.45, 2.75) is 65.6 Å². The molecule has 0 bridgehead atoms. The van der Waals surface area contributed by atoms with Crippen LogP contribution in [-0.4, -0.2) is 26.4 Å². The monoisotopic (exact) mass is 470 g/mol. The Labute approximate surface area is 194 Å². The maximum atomic E-state index is 12.5. The lowest BCUT2D eigenvalue weighted by Crippen LogP contribution is -2.39. The summed E-state index contributed by atoms with van der Waals surface area (Å²) < 4.78 is 65.0. The zero-order valence-corrected chi connectivity index (χ0v) is 20.1. The van der Waals surface area contributed by atoms with E-state index < -0.39 is 13.2 Å². The van der Waals surface area contributed by atoms with Gasteiger partial charge in [-0.05, 0) is 47.2 Å². The highest BCUT2D eigenvalue weighted by molar-refractivity contribution is 5.34. The van der Waals surface area contributed by atoms with Crippen molar-refractivity contribution in [3.05, 3.63) is 59.7 Å². The fourth-order valence-electron chi connectivity index (χ4n) is 3.68. The highest BCUT2D eigenvalue weighted by Crippen LogP contribution is 2.37. The second-order valence-corrected chi connectivity index (χ2v) is 9.44. The summed E-state index contributed by atoms with van der Waals surface area (Å²) in [4.78, 5) is 0. The van der Waals surface area contributed by atoms with Gasteiger partial charge in [-0.25, -0.2) is 0 Å². The topological polar surface area (TPSA) is 27.7 Å². The maximum absolute atomic E-state index is 12.5. The molecule has 2 aromatic rings. The van der Waals surface area contributed by atoms with E-state index >= 15 is 0 Å². The Morgan fingerprint density at radius 1 is 0.606 bits per heavy atom. The number of benzene rings is 2. The molecule has 3 nitrogen and oxygen atoms in total. The Morgan fingerprint density at radius 2 is 0.909 bits per heavy atom. The molecule has 0 amide bonds. The van der Waals surface area contributed by atoms with Crippen LogP contribution in [0.5, 0.6) is 11.5 Å². The van der Waals surface area contributed by atoms with Crippen LogP contribution in [0.15, 0.2) is 48.5 Å². The third-order valence-electron chi connectivity index (χ3n) is 6.83. The molecule has 0 aliphatic rings. The van der Waals surface area contributed by atoms with Gasteiger partial charge in [0, 0.05) is 10.8 Å².